The fraction of sp³-hybridized carbons (Fsp3) is 0.217. The molecule has 0 atom stereocenters. The largest absolute Gasteiger partial charge is 0.461 e. The van der Waals surface area contributed by atoms with E-state index in [1.54, 1.807) is 30.3 Å². The Hall–Kier alpha value is -3.99. The molecule has 0 fully saturated rings. The fourth-order valence-corrected chi connectivity index (χ4v) is 4.78. The van der Waals surface area contributed by atoms with Crippen molar-refractivity contribution in [3.63, 3.8) is 0 Å². The van der Waals surface area contributed by atoms with Gasteiger partial charge < -0.3 is 14.5 Å². The molecule has 2 N–H and O–H groups in total. The van der Waals surface area contributed by atoms with Crippen molar-refractivity contribution in [2.45, 2.75) is 31.3 Å². The van der Waals surface area contributed by atoms with Crippen LogP contribution in [0.25, 0.3) is 11.0 Å². The number of aliphatic imine (C=N–C) groups is 1. The van der Waals surface area contributed by atoms with Crippen LogP contribution in [0, 0.1) is 0 Å². The molecule has 1 aromatic heterocycles. The highest BCUT2D eigenvalue weighted by Crippen LogP contribution is 2.23. The van der Waals surface area contributed by atoms with Crippen LogP contribution in [0.2, 0.25) is 0 Å². The van der Waals surface area contributed by atoms with Crippen molar-refractivity contribution in [3.05, 3.63) is 70.1 Å². The minimum atomic E-state index is -3.60. The maximum absolute atomic E-state index is 12.2. The van der Waals surface area contributed by atoms with Gasteiger partial charge in [0.1, 0.15) is 18.0 Å². The number of amides is 1. The summed E-state index contributed by atoms with van der Waals surface area (Å²) in [5.74, 6) is -0.486. The van der Waals surface area contributed by atoms with E-state index in [4.69, 9.17) is 9.15 Å². The van der Waals surface area contributed by atoms with Crippen LogP contribution in [0.15, 0.2) is 67.6 Å². The average Bonchev–Trinajstić information content (AvgIpc) is 3.04. The number of rotatable bonds is 7. The summed E-state index contributed by atoms with van der Waals surface area (Å²) in [4.78, 5) is 39.7. The van der Waals surface area contributed by atoms with Gasteiger partial charge in [-0.15, -0.1) is 0 Å². The van der Waals surface area contributed by atoms with Crippen LogP contribution in [0.5, 0.6) is 0 Å². The van der Waals surface area contributed by atoms with Crippen molar-refractivity contribution >= 4 is 44.4 Å². The Morgan fingerprint density at radius 3 is 2.74 bits per heavy atom. The van der Waals surface area contributed by atoms with Gasteiger partial charge in [-0.2, -0.15) is 0 Å². The van der Waals surface area contributed by atoms with Gasteiger partial charge in [0.15, 0.2) is 0 Å². The number of nitrogens with one attached hydrogen (secondary N) is 2. The number of amidine groups is 1. The number of benzene rings is 2. The number of hydrogen-bond donors (Lipinski definition) is 2. The van der Waals surface area contributed by atoms with E-state index >= 15 is 0 Å². The maximum Gasteiger partial charge on any atom is 0.336 e. The number of anilines is 1. The Kier molecular flexibility index (Phi) is 6.46. The summed E-state index contributed by atoms with van der Waals surface area (Å²) in [5, 5.41) is 3.19. The first-order valence-electron chi connectivity index (χ1n) is 10.4. The number of carbonyl (C=O) groups is 2. The predicted octanol–water partition coefficient (Wildman–Crippen LogP) is 2.31. The topological polar surface area (TPSA) is 144 Å². The highest BCUT2D eigenvalue weighted by Gasteiger charge is 2.29. The number of nitrogens with zero attached hydrogens (tertiary/aromatic N) is 1. The van der Waals surface area contributed by atoms with Crippen LogP contribution >= 0.6 is 0 Å². The third-order valence-electron chi connectivity index (χ3n) is 5.01. The van der Waals surface area contributed by atoms with E-state index in [0.29, 0.717) is 28.6 Å². The molecule has 1 amide bonds. The third-order valence-corrected chi connectivity index (χ3v) is 6.41. The first-order chi connectivity index (χ1) is 16.2. The van der Waals surface area contributed by atoms with Crippen molar-refractivity contribution in [2.24, 2.45) is 4.99 Å². The standard InChI is InChI=1S/C23H21N3O7S/c1-14(27)25-16-8-9-17-15(11-22(29)33-19(17)12-16)13-32-21(28)7-4-10-24-23-18-5-2-3-6-20(18)34(30,31)26-23/h2-3,5-6,8-9,11-12H,4,7,10,13H2,1H3,(H,24,26)(H,25,27). The van der Waals surface area contributed by atoms with Crippen molar-refractivity contribution in [3.8, 4) is 0 Å². The molecule has 0 saturated carbocycles. The lowest BCUT2D eigenvalue weighted by atomic mass is 10.1. The molecule has 0 aliphatic carbocycles. The van der Waals surface area contributed by atoms with Gasteiger partial charge in [-0.1, -0.05) is 12.1 Å². The highest BCUT2D eigenvalue weighted by molar-refractivity contribution is 7.90. The van der Waals surface area contributed by atoms with Gasteiger partial charge in [-0.3, -0.25) is 19.3 Å². The van der Waals surface area contributed by atoms with Gasteiger partial charge >= 0.3 is 11.6 Å². The minimum absolute atomic E-state index is 0.0667. The molecule has 176 valence electrons. The molecule has 2 heterocycles. The molecule has 4 rings (SSSR count). The molecular formula is C23H21N3O7S. The lowest BCUT2D eigenvalue weighted by Gasteiger charge is -2.08. The molecule has 3 aromatic rings. The van der Waals surface area contributed by atoms with Gasteiger partial charge in [0, 0.05) is 54.2 Å². The minimum Gasteiger partial charge on any atom is -0.461 e. The average molecular weight is 484 g/mol. The zero-order valence-electron chi connectivity index (χ0n) is 18.2. The molecule has 1 aliphatic rings. The zero-order chi connectivity index (χ0) is 24.3. The molecule has 0 unspecified atom stereocenters. The Bertz CT molecular complexity index is 1480. The first-order valence-corrected chi connectivity index (χ1v) is 11.9. The second-order valence-corrected chi connectivity index (χ2v) is 9.23. The molecule has 0 radical (unpaired) electrons. The van der Waals surface area contributed by atoms with E-state index in [0.717, 1.165) is 0 Å². The van der Waals surface area contributed by atoms with E-state index in [1.165, 1.54) is 25.1 Å². The van der Waals surface area contributed by atoms with Crippen LogP contribution < -0.4 is 15.7 Å². The molecule has 11 heteroatoms. The number of hydrogen-bond acceptors (Lipinski definition) is 8. The van der Waals surface area contributed by atoms with Crippen LogP contribution in [0.1, 0.15) is 30.9 Å². The van der Waals surface area contributed by atoms with Crippen LogP contribution in [-0.4, -0.2) is 32.7 Å². The summed E-state index contributed by atoms with van der Waals surface area (Å²) < 4.78 is 37.1. The number of carbonyl (C=O) groups excluding carboxylic acids is 2. The summed E-state index contributed by atoms with van der Waals surface area (Å²) in [6.45, 7) is 1.47. The summed E-state index contributed by atoms with van der Waals surface area (Å²) in [6.07, 6.45) is 0.418. The molecular weight excluding hydrogens is 462 g/mol. The van der Waals surface area contributed by atoms with Gasteiger partial charge in [0.25, 0.3) is 10.0 Å². The van der Waals surface area contributed by atoms with Gasteiger partial charge in [-0.25, -0.2) is 13.2 Å². The quantitative estimate of drug-likeness (QED) is 0.298. The van der Waals surface area contributed by atoms with E-state index in [2.05, 4.69) is 15.0 Å². The van der Waals surface area contributed by atoms with E-state index in [9.17, 15) is 22.8 Å². The molecule has 1 aliphatic heterocycles. The van der Waals surface area contributed by atoms with Crippen molar-refractivity contribution in [2.75, 3.05) is 11.9 Å². The van der Waals surface area contributed by atoms with E-state index < -0.39 is 21.6 Å². The Balaban J connectivity index is 1.35. The summed E-state index contributed by atoms with van der Waals surface area (Å²) in [5.41, 5.74) is 1.12. The number of ether oxygens (including phenoxy) is 1. The molecule has 10 nitrogen and oxygen atoms in total. The number of fused-ring (bicyclic) bond motifs is 2. The monoisotopic (exact) mass is 483 g/mol. The molecule has 0 bridgehead atoms. The Labute approximate surface area is 194 Å². The normalized spacial score (nSPS) is 15.0. The Morgan fingerprint density at radius 1 is 1.15 bits per heavy atom. The van der Waals surface area contributed by atoms with Crippen molar-refractivity contribution in [1.82, 2.24) is 4.72 Å². The van der Waals surface area contributed by atoms with Crippen molar-refractivity contribution in [1.29, 1.82) is 0 Å². The van der Waals surface area contributed by atoms with Crippen LogP contribution in [0.4, 0.5) is 5.69 Å². The molecule has 0 spiro atoms. The SMILES string of the molecule is CC(=O)Nc1ccc2c(COC(=O)CCCN=C3NS(=O)(=O)c4ccccc43)cc(=O)oc2c1. The predicted molar refractivity (Wildman–Crippen MR) is 124 cm³/mol. The summed E-state index contributed by atoms with van der Waals surface area (Å²) >= 11 is 0. The number of sulfonamides is 1. The lowest BCUT2D eigenvalue weighted by molar-refractivity contribution is -0.145. The highest BCUT2D eigenvalue weighted by atomic mass is 32.2. The van der Waals surface area contributed by atoms with Crippen molar-refractivity contribution < 1.29 is 27.2 Å². The maximum atomic E-state index is 12.2. The van der Waals surface area contributed by atoms with Crippen LogP contribution in [-0.2, 0) is 31.0 Å². The molecule has 0 saturated heterocycles. The van der Waals surface area contributed by atoms with Gasteiger partial charge in [-0.05, 0) is 30.7 Å². The van der Waals surface area contributed by atoms with E-state index in [-0.39, 0.29) is 41.8 Å². The third kappa shape index (κ3) is 5.15. The van der Waals surface area contributed by atoms with Gasteiger partial charge in [0.05, 0.1) is 4.90 Å². The molecule has 34 heavy (non-hydrogen) atoms. The smallest absolute Gasteiger partial charge is 0.336 e. The first kappa shape index (κ1) is 23.2. The lowest BCUT2D eigenvalue weighted by Crippen LogP contribution is -2.22. The second-order valence-electron chi connectivity index (χ2n) is 7.58. The summed E-state index contributed by atoms with van der Waals surface area (Å²) in [6, 6.07) is 12.6. The van der Waals surface area contributed by atoms with Crippen LogP contribution in [0.3, 0.4) is 0 Å². The zero-order valence-corrected chi connectivity index (χ0v) is 19.0. The van der Waals surface area contributed by atoms with E-state index in [1.807, 2.05) is 0 Å². The fourth-order valence-electron chi connectivity index (χ4n) is 3.53. The summed E-state index contributed by atoms with van der Waals surface area (Å²) in [7, 11) is -3.60. The number of esters is 1. The second kappa shape index (κ2) is 9.48. The Morgan fingerprint density at radius 2 is 1.94 bits per heavy atom. The van der Waals surface area contributed by atoms with Gasteiger partial charge in [0.2, 0.25) is 5.91 Å². The molecule has 2 aromatic carbocycles.